The van der Waals surface area contributed by atoms with E-state index in [-0.39, 0.29) is 5.92 Å². The van der Waals surface area contributed by atoms with Gasteiger partial charge in [0.2, 0.25) is 5.91 Å². The maximum Gasteiger partial charge on any atom is 0.223 e. The molecule has 0 aliphatic rings. The molecule has 1 unspecified atom stereocenters. The first-order chi connectivity index (χ1) is 10.3. The zero-order valence-corrected chi connectivity index (χ0v) is 14.9. The average Bonchev–Trinajstić information content (AvgIpc) is 2.50. The van der Waals surface area contributed by atoms with Gasteiger partial charge in [-0.1, -0.05) is 85.0 Å². The summed E-state index contributed by atoms with van der Waals surface area (Å²) in [5.41, 5.74) is 0. The van der Waals surface area contributed by atoms with Crippen molar-refractivity contribution in [2.45, 2.75) is 104 Å². The molecular formula is C19H39NO. The van der Waals surface area contributed by atoms with Crippen molar-refractivity contribution < 1.29 is 4.79 Å². The van der Waals surface area contributed by atoms with Crippen molar-refractivity contribution in [3.8, 4) is 0 Å². The molecule has 0 bridgehead atoms. The summed E-state index contributed by atoms with van der Waals surface area (Å²) in [4.78, 5) is 12.2. The van der Waals surface area contributed by atoms with Crippen LogP contribution in [0.1, 0.15) is 104 Å². The van der Waals surface area contributed by atoms with Gasteiger partial charge >= 0.3 is 0 Å². The lowest BCUT2D eigenvalue weighted by Gasteiger charge is -2.16. The molecule has 1 amide bonds. The van der Waals surface area contributed by atoms with E-state index in [9.17, 15) is 4.79 Å². The van der Waals surface area contributed by atoms with Crippen molar-refractivity contribution in [3.63, 3.8) is 0 Å². The molecule has 0 fully saturated rings. The predicted molar refractivity (Wildman–Crippen MR) is 93.5 cm³/mol. The molecule has 0 spiro atoms. The Morgan fingerprint density at radius 1 is 0.714 bits per heavy atom. The van der Waals surface area contributed by atoms with Gasteiger partial charge in [0.25, 0.3) is 0 Å². The molecular weight excluding hydrogens is 258 g/mol. The van der Waals surface area contributed by atoms with Gasteiger partial charge < -0.3 is 5.32 Å². The predicted octanol–water partition coefficient (Wildman–Crippen LogP) is 5.85. The second kappa shape index (κ2) is 15.9. The fourth-order valence-corrected chi connectivity index (χ4v) is 2.79. The third kappa shape index (κ3) is 12.9. The Bertz CT molecular complexity index is 228. The normalized spacial score (nSPS) is 12.3. The van der Waals surface area contributed by atoms with Crippen molar-refractivity contribution in [1.29, 1.82) is 0 Å². The molecule has 0 saturated heterocycles. The Morgan fingerprint density at radius 2 is 1.19 bits per heavy atom. The number of rotatable bonds is 15. The molecule has 0 heterocycles. The Labute approximate surface area is 133 Å². The van der Waals surface area contributed by atoms with Crippen LogP contribution in [-0.4, -0.2) is 12.5 Å². The molecule has 0 aliphatic carbocycles. The minimum absolute atomic E-state index is 0.264. The first-order valence-corrected chi connectivity index (χ1v) is 9.53. The minimum Gasteiger partial charge on any atom is -0.356 e. The lowest BCUT2D eigenvalue weighted by atomic mass is 9.93. The minimum atomic E-state index is 0.264. The van der Waals surface area contributed by atoms with Gasteiger partial charge in [-0.2, -0.15) is 0 Å². The maximum absolute atomic E-state index is 12.2. The number of carbonyl (C=O) groups is 1. The van der Waals surface area contributed by atoms with Crippen molar-refractivity contribution in [1.82, 2.24) is 5.32 Å². The molecule has 0 aromatic heterocycles. The Hall–Kier alpha value is -0.530. The summed E-state index contributed by atoms with van der Waals surface area (Å²) >= 11 is 0. The molecule has 1 N–H and O–H groups in total. The molecule has 126 valence electrons. The summed E-state index contributed by atoms with van der Waals surface area (Å²) in [5.74, 6) is 0.571. The van der Waals surface area contributed by atoms with E-state index in [1.165, 1.54) is 64.2 Å². The van der Waals surface area contributed by atoms with Crippen LogP contribution in [-0.2, 0) is 4.79 Å². The van der Waals surface area contributed by atoms with Crippen LogP contribution in [0.2, 0.25) is 0 Å². The highest BCUT2D eigenvalue weighted by Crippen LogP contribution is 2.19. The van der Waals surface area contributed by atoms with E-state index in [4.69, 9.17) is 0 Å². The van der Waals surface area contributed by atoms with Crippen LogP contribution in [0.15, 0.2) is 0 Å². The molecule has 0 aromatic rings. The first-order valence-electron chi connectivity index (χ1n) is 9.53. The zero-order valence-electron chi connectivity index (χ0n) is 14.9. The van der Waals surface area contributed by atoms with Gasteiger partial charge in [-0.15, -0.1) is 0 Å². The SMILES string of the molecule is CCCCCCCCC(CCCCCC)C(=O)NCCC. The molecule has 1 atom stereocenters. The topological polar surface area (TPSA) is 29.1 Å². The van der Waals surface area contributed by atoms with Crippen LogP contribution in [0.25, 0.3) is 0 Å². The van der Waals surface area contributed by atoms with E-state index >= 15 is 0 Å². The Morgan fingerprint density at radius 3 is 1.71 bits per heavy atom. The van der Waals surface area contributed by atoms with Crippen LogP contribution in [0.5, 0.6) is 0 Å². The lowest BCUT2D eigenvalue weighted by molar-refractivity contribution is -0.125. The quantitative estimate of drug-likeness (QED) is 0.377. The number of hydrogen-bond donors (Lipinski definition) is 1. The summed E-state index contributed by atoms with van der Waals surface area (Å²) in [6, 6.07) is 0. The number of carbonyl (C=O) groups excluding carboxylic acids is 1. The molecule has 0 saturated carbocycles. The van der Waals surface area contributed by atoms with Crippen molar-refractivity contribution >= 4 is 5.91 Å². The molecule has 0 rings (SSSR count). The molecule has 2 nitrogen and oxygen atoms in total. The number of unbranched alkanes of at least 4 members (excludes halogenated alkanes) is 8. The highest BCUT2D eigenvalue weighted by molar-refractivity contribution is 5.78. The third-order valence-corrected chi connectivity index (χ3v) is 4.23. The number of nitrogens with one attached hydrogen (secondary N) is 1. The lowest BCUT2D eigenvalue weighted by Crippen LogP contribution is -2.31. The van der Waals surface area contributed by atoms with Crippen molar-refractivity contribution in [2.24, 2.45) is 5.92 Å². The standard InChI is InChI=1S/C19H39NO/c1-4-7-9-11-12-14-16-18(15-13-10-8-5-2)19(21)20-17-6-3/h18H,4-17H2,1-3H3,(H,20,21). The van der Waals surface area contributed by atoms with E-state index < -0.39 is 0 Å². The van der Waals surface area contributed by atoms with Gasteiger partial charge in [-0.3, -0.25) is 4.79 Å². The second-order valence-electron chi connectivity index (χ2n) is 6.39. The fraction of sp³-hybridized carbons (Fsp3) is 0.947. The summed E-state index contributed by atoms with van der Waals surface area (Å²) in [5, 5.41) is 3.10. The van der Waals surface area contributed by atoms with Crippen LogP contribution in [0, 0.1) is 5.92 Å². The van der Waals surface area contributed by atoms with Gasteiger partial charge in [0.15, 0.2) is 0 Å². The summed E-state index contributed by atoms with van der Waals surface area (Å²) in [6.07, 6.45) is 16.2. The number of amides is 1. The second-order valence-corrected chi connectivity index (χ2v) is 6.39. The fourth-order valence-electron chi connectivity index (χ4n) is 2.79. The smallest absolute Gasteiger partial charge is 0.223 e. The molecule has 2 heteroatoms. The number of hydrogen-bond acceptors (Lipinski definition) is 1. The summed E-state index contributed by atoms with van der Waals surface area (Å²) in [7, 11) is 0. The molecule has 0 aliphatic heterocycles. The molecule has 21 heavy (non-hydrogen) atoms. The van der Waals surface area contributed by atoms with E-state index in [0.717, 1.165) is 25.8 Å². The Kier molecular flexibility index (Phi) is 15.5. The summed E-state index contributed by atoms with van der Waals surface area (Å²) < 4.78 is 0. The van der Waals surface area contributed by atoms with Crippen LogP contribution in [0.4, 0.5) is 0 Å². The van der Waals surface area contributed by atoms with Crippen LogP contribution in [0.3, 0.4) is 0 Å². The van der Waals surface area contributed by atoms with Gasteiger partial charge in [-0.25, -0.2) is 0 Å². The van der Waals surface area contributed by atoms with Crippen LogP contribution >= 0.6 is 0 Å². The van der Waals surface area contributed by atoms with E-state index in [2.05, 4.69) is 26.1 Å². The largest absolute Gasteiger partial charge is 0.356 e. The van der Waals surface area contributed by atoms with E-state index in [1.54, 1.807) is 0 Å². The van der Waals surface area contributed by atoms with Gasteiger partial charge in [0.1, 0.15) is 0 Å². The first kappa shape index (κ1) is 20.5. The highest BCUT2D eigenvalue weighted by Gasteiger charge is 2.16. The highest BCUT2D eigenvalue weighted by atomic mass is 16.1. The third-order valence-electron chi connectivity index (χ3n) is 4.23. The van der Waals surface area contributed by atoms with Crippen molar-refractivity contribution in [3.05, 3.63) is 0 Å². The maximum atomic E-state index is 12.2. The van der Waals surface area contributed by atoms with E-state index in [0.29, 0.717) is 5.91 Å². The zero-order chi connectivity index (χ0) is 15.8. The van der Waals surface area contributed by atoms with Gasteiger partial charge in [-0.05, 0) is 19.3 Å². The average molecular weight is 298 g/mol. The van der Waals surface area contributed by atoms with Crippen molar-refractivity contribution in [2.75, 3.05) is 6.54 Å². The van der Waals surface area contributed by atoms with Crippen LogP contribution < -0.4 is 5.32 Å². The monoisotopic (exact) mass is 297 g/mol. The van der Waals surface area contributed by atoms with Gasteiger partial charge in [0, 0.05) is 12.5 Å². The molecule has 0 aromatic carbocycles. The summed E-state index contributed by atoms with van der Waals surface area (Å²) in [6.45, 7) is 7.44. The van der Waals surface area contributed by atoms with Gasteiger partial charge in [0.05, 0.1) is 0 Å². The van der Waals surface area contributed by atoms with E-state index in [1.807, 2.05) is 0 Å². The Balaban J connectivity index is 3.91. The molecule has 0 radical (unpaired) electrons.